The highest BCUT2D eigenvalue weighted by Crippen LogP contribution is 2.21. The molecule has 0 saturated carbocycles. The number of benzene rings is 2. The number of hydrogen-bond acceptors (Lipinski definition) is 4. The van der Waals surface area contributed by atoms with Crippen molar-refractivity contribution >= 4 is 29.2 Å². The fraction of sp³-hybridized carbons (Fsp3) is 0.222. The molecule has 0 aliphatic rings. The number of aryl methyl sites for hydroxylation is 2. The van der Waals surface area contributed by atoms with E-state index in [1.807, 2.05) is 32.0 Å². The summed E-state index contributed by atoms with van der Waals surface area (Å²) >= 11 is 5.85. The highest BCUT2D eigenvalue weighted by Gasteiger charge is 2.10. The zero-order chi connectivity index (χ0) is 17.5. The molecule has 0 fully saturated rings. The van der Waals surface area contributed by atoms with E-state index in [1.54, 1.807) is 24.3 Å². The molecule has 5 nitrogen and oxygen atoms in total. The molecule has 2 rings (SSSR count). The maximum absolute atomic E-state index is 11.8. The molecule has 0 spiro atoms. The first-order valence-electron chi connectivity index (χ1n) is 7.35. The summed E-state index contributed by atoms with van der Waals surface area (Å²) in [5, 5.41) is 3.25. The topological polar surface area (TPSA) is 64.6 Å². The Morgan fingerprint density at radius 3 is 2.58 bits per heavy atom. The zero-order valence-electron chi connectivity index (χ0n) is 13.5. The van der Waals surface area contributed by atoms with E-state index in [1.165, 1.54) is 0 Å². The molecule has 0 radical (unpaired) electrons. The van der Waals surface area contributed by atoms with Gasteiger partial charge in [0.25, 0.3) is 5.91 Å². The van der Waals surface area contributed by atoms with Crippen molar-refractivity contribution in [3.63, 3.8) is 0 Å². The van der Waals surface area contributed by atoms with Crippen LogP contribution in [0.15, 0.2) is 42.5 Å². The predicted molar refractivity (Wildman–Crippen MR) is 92.5 cm³/mol. The molecule has 0 aromatic heterocycles. The molecule has 0 atom stereocenters. The summed E-state index contributed by atoms with van der Waals surface area (Å²) in [6, 6.07) is 12.4. The quantitative estimate of drug-likeness (QED) is 0.812. The van der Waals surface area contributed by atoms with E-state index in [2.05, 4.69) is 5.32 Å². The molecule has 0 aliphatic heterocycles. The van der Waals surface area contributed by atoms with Gasteiger partial charge < -0.3 is 14.8 Å². The Kier molecular flexibility index (Phi) is 6.21. The van der Waals surface area contributed by atoms with Crippen LogP contribution in [0, 0.1) is 13.8 Å². The maximum Gasteiger partial charge on any atom is 0.344 e. The largest absolute Gasteiger partial charge is 0.482 e. The second-order valence-corrected chi connectivity index (χ2v) is 5.71. The van der Waals surface area contributed by atoms with Crippen molar-refractivity contribution in [2.45, 2.75) is 13.8 Å². The van der Waals surface area contributed by atoms with Crippen molar-refractivity contribution in [3.8, 4) is 5.75 Å². The summed E-state index contributed by atoms with van der Waals surface area (Å²) in [4.78, 5) is 23.4. The second kappa shape index (κ2) is 8.36. The second-order valence-electron chi connectivity index (χ2n) is 5.28. The third kappa shape index (κ3) is 5.59. The minimum atomic E-state index is -0.622. The summed E-state index contributed by atoms with van der Waals surface area (Å²) in [5.41, 5.74) is 2.49. The first-order chi connectivity index (χ1) is 11.4. The van der Waals surface area contributed by atoms with Crippen LogP contribution in [0.25, 0.3) is 0 Å². The average molecular weight is 348 g/mol. The summed E-state index contributed by atoms with van der Waals surface area (Å²) in [6.45, 7) is 3.10. The highest BCUT2D eigenvalue weighted by molar-refractivity contribution is 6.30. The van der Waals surface area contributed by atoms with Gasteiger partial charge in [-0.3, -0.25) is 4.79 Å². The predicted octanol–water partition coefficient (Wildman–Crippen LogP) is 3.52. The number of amides is 1. The van der Waals surface area contributed by atoms with Gasteiger partial charge in [0.05, 0.1) is 0 Å². The first kappa shape index (κ1) is 17.8. The fourth-order valence-electron chi connectivity index (χ4n) is 2.02. The van der Waals surface area contributed by atoms with E-state index < -0.39 is 11.9 Å². The van der Waals surface area contributed by atoms with Crippen molar-refractivity contribution in [2.75, 3.05) is 18.5 Å². The molecule has 2 aromatic rings. The Bertz CT molecular complexity index is 746. The van der Waals surface area contributed by atoms with Crippen molar-refractivity contribution in [3.05, 3.63) is 58.6 Å². The van der Waals surface area contributed by atoms with Crippen LogP contribution >= 0.6 is 11.6 Å². The van der Waals surface area contributed by atoms with Gasteiger partial charge in [-0.25, -0.2) is 4.79 Å². The van der Waals surface area contributed by atoms with Crippen LogP contribution in [0.4, 0.5) is 5.69 Å². The lowest BCUT2D eigenvalue weighted by Crippen LogP contribution is -2.23. The molecule has 2 aromatic carbocycles. The number of rotatable bonds is 6. The van der Waals surface area contributed by atoms with Gasteiger partial charge in [0.2, 0.25) is 0 Å². The molecule has 126 valence electrons. The van der Waals surface area contributed by atoms with E-state index in [9.17, 15) is 9.59 Å². The minimum Gasteiger partial charge on any atom is -0.482 e. The van der Waals surface area contributed by atoms with E-state index in [0.29, 0.717) is 16.5 Å². The molecule has 1 N–H and O–H groups in total. The third-order valence-corrected chi connectivity index (χ3v) is 3.38. The third-order valence-electron chi connectivity index (χ3n) is 3.15. The number of nitrogens with one attached hydrogen (secondary N) is 1. The molecule has 1 amide bonds. The molecule has 0 heterocycles. The fourth-order valence-corrected chi connectivity index (χ4v) is 2.25. The van der Waals surface area contributed by atoms with Gasteiger partial charge in [-0.15, -0.1) is 0 Å². The van der Waals surface area contributed by atoms with Crippen LogP contribution in [-0.2, 0) is 14.3 Å². The summed E-state index contributed by atoms with van der Waals surface area (Å²) in [7, 11) is 0. The normalized spacial score (nSPS) is 10.1. The summed E-state index contributed by atoms with van der Waals surface area (Å²) < 4.78 is 10.2. The van der Waals surface area contributed by atoms with Crippen molar-refractivity contribution in [2.24, 2.45) is 0 Å². The molecule has 0 bridgehead atoms. The molecule has 0 saturated heterocycles. The lowest BCUT2D eigenvalue weighted by atomic mass is 10.2. The maximum atomic E-state index is 11.8. The van der Waals surface area contributed by atoms with Crippen molar-refractivity contribution in [1.82, 2.24) is 0 Å². The standard InChI is InChI=1S/C18H18ClNO4/c1-12-4-3-5-15(8-12)20-17(21)10-24-18(22)11-23-16-7-6-14(19)9-13(16)2/h3-9H,10-11H2,1-2H3,(H,20,21). The van der Waals surface area contributed by atoms with Gasteiger partial charge in [0, 0.05) is 10.7 Å². The van der Waals surface area contributed by atoms with Crippen LogP contribution in [0.5, 0.6) is 5.75 Å². The van der Waals surface area contributed by atoms with Gasteiger partial charge >= 0.3 is 5.97 Å². The van der Waals surface area contributed by atoms with E-state index in [-0.39, 0.29) is 13.2 Å². The van der Waals surface area contributed by atoms with Gasteiger partial charge in [0.15, 0.2) is 13.2 Å². The SMILES string of the molecule is Cc1cccc(NC(=O)COC(=O)COc2ccc(Cl)cc2C)c1. The lowest BCUT2D eigenvalue weighted by molar-refractivity contribution is -0.149. The number of carbonyl (C=O) groups is 2. The summed E-state index contributed by atoms with van der Waals surface area (Å²) in [5.74, 6) is -0.485. The minimum absolute atomic E-state index is 0.278. The average Bonchev–Trinajstić information content (AvgIpc) is 2.52. The van der Waals surface area contributed by atoms with Crippen LogP contribution in [0.3, 0.4) is 0 Å². The Balaban J connectivity index is 1.75. The number of esters is 1. The lowest BCUT2D eigenvalue weighted by Gasteiger charge is -2.10. The van der Waals surface area contributed by atoms with Gasteiger partial charge in [-0.1, -0.05) is 23.7 Å². The number of anilines is 1. The van der Waals surface area contributed by atoms with Crippen LogP contribution in [0.2, 0.25) is 5.02 Å². The Morgan fingerprint density at radius 2 is 1.88 bits per heavy atom. The molecular formula is C18H18ClNO4. The van der Waals surface area contributed by atoms with Crippen LogP contribution in [0.1, 0.15) is 11.1 Å². The molecular weight excluding hydrogens is 330 g/mol. The van der Waals surface area contributed by atoms with Crippen molar-refractivity contribution < 1.29 is 19.1 Å². The van der Waals surface area contributed by atoms with Gasteiger partial charge in [-0.05, 0) is 55.3 Å². The molecule has 0 unspecified atom stereocenters. The molecule has 0 aliphatic carbocycles. The van der Waals surface area contributed by atoms with E-state index in [0.717, 1.165) is 11.1 Å². The van der Waals surface area contributed by atoms with E-state index in [4.69, 9.17) is 21.1 Å². The van der Waals surface area contributed by atoms with Crippen molar-refractivity contribution in [1.29, 1.82) is 0 Å². The molecule has 6 heteroatoms. The van der Waals surface area contributed by atoms with Gasteiger partial charge in [-0.2, -0.15) is 0 Å². The smallest absolute Gasteiger partial charge is 0.344 e. The van der Waals surface area contributed by atoms with Crippen LogP contribution in [-0.4, -0.2) is 25.1 Å². The number of ether oxygens (including phenoxy) is 2. The summed E-state index contributed by atoms with van der Waals surface area (Å²) in [6.07, 6.45) is 0. The Hall–Kier alpha value is -2.53. The molecule has 24 heavy (non-hydrogen) atoms. The zero-order valence-corrected chi connectivity index (χ0v) is 14.2. The Labute approximate surface area is 145 Å². The highest BCUT2D eigenvalue weighted by atomic mass is 35.5. The van der Waals surface area contributed by atoms with E-state index >= 15 is 0 Å². The number of hydrogen-bond donors (Lipinski definition) is 1. The first-order valence-corrected chi connectivity index (χ1v) is 7.73. The Morgan fingerprint density at radius 1 is 1.08 bits per heavy atom. The van der Waals surface area contributed by atoms with Gasteiger partial charge in [0.1, 0.15) is 5.75 Å². The number of carbonyl (C=O) groups excluding carboxylic acids is 2. The number of halogens is 1. The van der Waals surface area contributed by atoms with Crippen LogP contribution < -0.4 is 10.1 Å². The monoisotopic (exact) mass is 347 g/mol.